The van der Waals surface area contributed by atoms with E-state index in [2.05, 4.69) is 37.4 Å². The fourth-order valence-corrected chi connectivity index (χ4v) is 4.95. The van der Waals surface area contributed by atoms with Crippen LogP contribution in [0.1, 0.15) is 61.6 Å². The highest BCUT2D eigenvalue weighted by atomic mass is 16.2. The maximum absolute atomic E-state index is 12.8. The van der Waals surface area contributed by atoms with Crippen LogP contribution in [0.3, 0.4) is 0 Å². The van der Waals surface area contributed by atoms with Crippen molar-refractivity contribution in [3.05, 3.63) is 34.9 Å². The van der Waals surface area contributed by atoms with Crippen molar-refractivity contribution in [2.75, 3.05) is 13.1 Å². The predicted octanol–water partition coefficient (Wildman–Crippen LogP) is 3.24. The summed E-state index contributed by atoms with van der Waals surface area (Å²) in [5, 5.41) is 3.23. The van der Waals surface area contributed by atoms with Crippen LogP contribution in [0.25, 0.3) is 0 Å². The zero-order chi connectivity index (χ0) is 18.3. The van der Waals surface area contributed by atoms with Crippen molar-refractivity contribution >= 4 is 11.8 Å². The van der Waals surface area contributed by atoms with Crippen molar-refractivity contribution < 1.29 is 9.59 Å². The molecule has 26 heavy (non-hydrogen) atoms. The fourth-order valence-electron chi connectivity index (χ4n) is 4.95. The number of nitrogens with one attached hydrogen (secondary N) is 1. The zero-order valence-corrected chi connectivity index (χ0v) is 16.0. The molecule has 4 heteroatoms. The Morgan fingerprint density at radius 3 is 2.42 bits per heavy atom. The molecule has 4 nitrogen and oxygen atoms in total. The quantitative estimate of drug-likeness (QED) is 0.882. The highest BCUT2D eigenvalue weighted by molar-refractivity contribution is 5.89. The summed E-state index contributed by atoms with van der Waals surface area (Å²) in [6.45, 7) is 5.61. The first-order valence-corrected chi connectivity index (χ1v) is 10.1. The Morgan fingerprint density at radius 2 is 1.81 bits per heavy atom. The number of amides is 2. The molecule has 2 amide bonds. The Kier molecular flexibility index (Phi) is 4.54. The molecule has 3 aliphatic rings. The molecule has 1 aromatic rings. The van der Waals surface area contributed by atoms with Gasteiger partial charge in [0.05, 0.1) is 5.92 Å². The highest BCUT2D eigenvalue weighted by Crippen LogP contribution is 2.41. The summed E-state index contributed by atoms with van der Waals surface area (Å²) in [5.41, 5.74) is 4.01. The first-order valence-electron chi connectivity index (χ1n) is 10.1. The molecule has 3 fully saturated rings. The standard InChI is InChI=1S/C22H30N2O2/c1-15-9-16(2)11-18(10-15)22(7-3-4-8-22)14-23-21(26)17-12-20(25)24(13-17)19-5-6-19/h9-11,17,19H,3-8,12-14H2,1-2H3,(H,23,26)/t17-/m1/s1. The number of carbonyl (C=O) groups is 2. The molecule has 0 unspecified atom stereocenters. The normalized spacial score (nSPS) is 24.9. The molecular formula is C22H30N2O2. The minimum Gasteiger partial charge on any atom is -0.355 e. The summed E-state index contributed by atoms with van der Waals surface area (Å²) < 4.78 is 0. The molecule has 0 aromatic heterocycles. The average molecular weight is 354 g/mol. The predicted molar refractivity (Wildman–Crippen MR) is 102 cm³/mol. The van der Waals surface area contributed by atoms with Gasteiger partial charge in [-0.2, -0.15) is 0 Å². The first kappa shape index (κ1) is 17.6. The molecule has 1 heterocycles. The second-order valence-electron chi connectivity index (χ2n) is 8.76. The third-order valence-electron chi connectivity index (χ3n) is 6.51. The second kappa shape index (κ2) is 6.71. The largest absolute Gasteiger partial charge is 0.355 e. The smallest absolute Gasteiger partial charge is 0.225 e. The van der Waals surface area contributed by atoms with Gasteiger partial charge in [-0.15, -0.1) is 0 Å². The summed E-state index contributed by atoms with van der Waals surface area (Å²) in [6, 6.07) is 7.20. The molecule has 0 radical (unpaired) electrons. The molecule has 1 aromatic carbocycles. The van der Waals surface area contributed by atoms with Crippen molar-refractivity contribution in [2.24, 2.45) is 5.92 Å². The van der Waals surface area contributed by atoms with E-state index < -0.39 is 0 Å². The molecule has 0 spiro atoms. The van der Waals surface area contributed by atoms with E-state index in [-0.39, 0.29) is 23.1 Å². The van der Waals surface area contributed by atoms with E-state index in [9.17, 15) is 9.59 Å². The molecule has 2 saturated carbocycles. The number of rotatable bonds is 5. The van der Waals surface area contributed by atoms with Crippen molar-refractivity contribution in [1.82, 2.24) is 10.2 Å². The Bertz CT molecular complexity index is 697. The van der Waals surface area contributed by atoms with Crippen LogP contribution in [0.2, 0.25) is 0 Å². The third-order valence-corrected chi connectivity index (χ3v) is 6.51. The summed E-state index contributed by atoms with van der Waals surface area (Å²) in [6.07, 6.45) is 7.31. The van der Waals surface area contributed by atoms with E-state index in [4.69, 9.17) is 0 Å². The summed E-state index contributed by atoms with van der Waals surface area (Å²) in [7, 11) is 0. The van der Waals surface area contributed by atoms with Crippen LogP contribution in [0.15, 0.2) is 18.2 Å². The van der Waals surface area contributed by atoms with Crippen molar-refractivity contribution in [3.8, 4) is 0 Å². The molecule has 2 aliphatic carbocycles. The number of nitrogens with zero attached hydrogens (tertiary/aromatic N) is 1. The van der Waals surface area contributed by atoms with Gasteiger partial charge in [0.1, 0.15) is 0 Å². The number of benzene rings is 1. The van der Waals surface area contributed by atoms with Gasteiger partial charge >= 0.3 is 0 Å². The number of hydrogen-bond acceptors (Lipinski definition) is 2. The van der Waals surface area contributed by atoms with Crippen LogP contribution in [0.4, 0.5) is 0 Å². The number of aryl methyl sites for hydroxylation is 2. The van der Waals surface area contributed by atoms with Crippen molar-refractivity contribution in [3.63, 3.8) is 0 Å². The van der Waals surface area contributed by atoms with Gasteiger partial charge in [0, 0.05) is 31.0 Å². The lowest BCUT2D eigenvalue weighted by Gasteiger charge is -2.31. The van der Waals surface area contributed by atoms with E-state index in [0.717, 1.165) is 25.7 Å². The van der Waals surface area contributed by atoms with Gasteiger partial charge in [-0.25, -0.2) is 0 Å². The van der Waals surface area contributed by atoms with E-state index >= 15 is 0 Å². The molecule has 4 rings (SSSR count). The van der Waals surface area contributed by atoms with Gasteiger partial charge in [0.25, 0.3) is 0 Å². The molecule has 0 bridgehead atoms. The van der Waals surface area contributed by atoms with Gasteiger partial charge in [0.2, 0.25) is 11.8 Å². The average Bonchev–Trinajstić information content (AvgIpc) is 3.18. The van der Waals surface area contributed by atoms with Gasteiger partial charge in [-0.3, -0.25) is 9.59 Å². The molecule has 1 N–H and O–H groups in total. The lowest BCUT2D eigenvalue weighted by Crippen LogP contribution is -2.42. The van der Waals surface area contributed by atoms with Crippen LogP contribution in [-0.2, 0) is 15.0 Å². The monoisotopic (exact) mass is 354 g/mol. The third kappa shape index (κ3) is 3.38. The SMILES string of the molecule is Cc1cc(C)cc(C2(CNC(=O)[C@@H]3CC(=O)N(C4CC4)C3)CCCC2)c1. The number of likely N-dealkylation sites (tertiary alicyclic amines) is 1. The van der Waals surface area contributed by atoms with Crippen LogP contribution < -0.4 is 5.32 Å². The van der Waals surface area contributed by atoms with E-state index in [0.29, 0.717) is 25.6 Å². The van der Waals surface area contributed by atoms with E-state index in [1.807, 2.05) is 4.90 Å². The zero-order valence-electron chi connectivity index (χ0n) is 16.0. The molecule has 1 aliphatic heterocycles. The van der Waals surface area contributed by atoms with Crippen molar-refractivity contribution in [1.29, 1.82) is 0 Å². The fraction of sp³-hybridized carbons (Fsp3) is 0.636. The van der Waals surface area contributed by atoms with E-state index in [1.54, 1.807) is 0 Å². The maximum Gasteiger partial charge on any atom is 0.225 e. The first-order chi connectivity index (χ1) is 12.5. The summed E-state index contributed by atoms with van der Waals surface area (Å²) in [4.78, 5) is 26.8. The van der Waals surface area contributed by atoms with Crippen LogP contribution >= 0.6 is 0 Å². The minimum absolute atomic E-state index is 0.0607. The Balaban J connectivity index is 1.44. The topological polar surface area (TPSA) is 49.4 Å². The molecular weight excluding hydrogens is 324 g/mol. The molecule has 1 saturated heterocycles. The summed E-state index contributed by atoms with van der Waals surface area (Å²) >= 11 is 0. The Labute approximate surface area is 156 Å². The number of carbonyl (C=O) groups excluding carboxylic acids is 2. The van der Waals surface area contributed by atoms with Gasteiger partial charge in [-0.05, 0) is 45.1 Å². The van der Waals surface area contributed by atoms with Gasteiger partial charge in [0.15, 0.2) is 0 Å². The van der Waals surface area contributed by atoms with Crippen molar-refractivity contribution in [2.45, 2.75) is 70.3 Å². The second-order valence-corrected chi connectivity index (χ2v) is 8.76. The van der Waals surface area contributed by atoms with Gasteiger partial charge in [-0.1, -0.05) is 42.2 Å². The van der Waals surface area contributed by atoms with Gasteiger partial charge < -0.3 is 10.2 Å². The molecule has 140 valence electrons. The van der Waals surface area contributed by atoms with E-state index in [1.165, 1.54) is 29.5 Å². The van der Waals surface area contributed by atoms with Crippen LogP contribution in [-0.4, -0.2) is 35.8 Å². The van der Waals surface area contributed by atoms with Crippen LogP contribution in [0.5, 0.6) is 0 Å². The highest BCUT2D eigenvalue weighted by Gasteiger charge is 2.42. The van der Waals surface area contributed by atoms with Crippen LogP contribution in [0, 0.1) is 19.8 Å². The number of hydrogen-bond donors (Lipinski definition) is 1. The lowest BCUT2D eigenvalue weighted by molar-refractivity contribution is -0.129. The minimum atomic E-state index is -0.166. The Morgan fingerprint density at radius 1 is 1.15 bits per heavy atom. The maximum atomic E-state index is 12.8. The lowest BCUT2D eigenvalue weighted by atomic mass is 9.77. The summed E-state index contributed by atoms with van der Waals surface area (Å²) in [5.74, 6) is 0.0653. The molecule has 1 atom stereocenters. The Hall–Kier alpha value is -1.84.